The normalized spacial score (nSPS) is 22.1. The molecule has 3 nitrogen and oxygen atoms in total. The second-order valence-electron chi connectivity index (χ2n) is 7.22. The number of benzene rings is 1. The molecule has 1 aromatic heterocycles. The molecule has 1 aliphatic carbocycles. The first-order valence-electron chi connectivity index (χ1n) is 9.39. The number of likely N-dealkylation sites (tertiary alicyclic amines) is 1. The summed E-state index contributed by atoms with van der Waals surface area (Å²) in [5, 5.41) is 3.53. The van der Waals surface area contributed by atoms with Crippen LogP contribution in [0.25, 0.3) is 0 Å². The Kier molecular flexibility index (Phi) is 4.79. The first-order valence-corrected chi connectivity index (χ1v) is 9.39. The maximum Gasteiger partial charge on any atom is 0.126 e. The Morgan fingerprint density at radius 1 is 0.958 bits per heavy atom. The third-order valence-corrected chi connectivity index (χ3v) is 5.47. The number of anilines is 1. The highest BCUT2D eigenvalue weighted by molar-refractivity contribution is 5.38. The highest BCUT2D eigenvalue weighted by Crippen LogP contribution is 2.32. The van der Waals surface area contributed by atoms with Gasteiger partial charge in [0.05, 0.1) is 0 Å². The zero-order valence-corrected chi connectivity index (χ0v) is 14.3. The number of rotatable bonds is 5. The molecule has 4 rings (SSSR count). The highest BCUT2D eigenvalue weighted by Gasteiger charge is 2.24. The second kappa shape index (κ2) is 7.35. The van der Waals surface area contributed by atoms with Gasteiger partial charge < -0.3 is 5.32 Å². The van der Waals surface area contributed by atoms with Crippen molar-refractivity contribution < 1.29 is 0 Å². The van der Waals surface area contributed by atoms with Gasteiger partial charge in [-0.25, -0.2) is 4.98 Å². The van der Waals surface area contributed by atoms with Gasteiger partial charge in [-0.2, -0.15) is 0 Å². The zero-order valence-electron chi connectivity index (χ0n) is 14.3. The average Bonchev–Trinajstić information content (AvgIpc) is 2.60. The van der Waals surface area contributed by atoms with Crippen LogP contribution in [-0.2, 0) is 6.54 Å². The van der Waals surface area contributed by atoms with E-state index >= 15 is 0 Å². The largest absolute Gasteiger partial charge is 0.367 e. The van der Waals surface area contributed by atoms with Gasteiger partial charge in [0.25, 0.3) is 0 Å². The van der Waals surface area contributed by atoms with E-state index in [1.165, 1.54) is 56.2 Å². The molecule has 126 valence electrons. The molecule has 2 aliphatic rings. The lowest BCUT2D eigenvalue weighted by atomic mass is 9.93. The molecule has 1 atom stereocenters. The van der Waals surface area contributed by atoms with Crippen LogP contribution in [0.3, 0.4) is 0 Å². The van der Waals surface area contributed by atoms with E-state index in [0.29, 0.717) is 12.1 Å². The molecular formula is C21H27N3. The Morgan fingerprint density at radius 3 is 2.54 bits per heavy atom. The van der Waals surface area contributed by atoms with Crippen LogP contribution in [0.1, 0.15) is 55.7 Å². The summed E-state index contributed by atoms with van der Waals surface area (Å²) in [6, 6.07) is 16.4. The van der Waals surface area contributed by atoms with Crippen molar-refractivity contribution in [1.82, 2.24) is 9.88 Å². The lowest BCUT2D eigenvalue weighted by molar-refractivity contribution is 0.140. The maximum absolute atomic E-state index is 4.68. The van der Waals surface area contributed by atoms with Crippen LogP contribution in [0.4, 0.5) is 5.82 Å². The van der Waals surface area contributed by atoms with E-state index in [1.807, 2.05) is 0 Å². The molecule has 1 N–H and O–H groups in total. The van der Waals surface area contributed by atoms with Gasteiger partial charge >= 0.3 is 0 Å². The third-order valence-electron chi connectivity index (χ3n) is 5.47. The molecule has 2 aromatic rings. The summed E-state index contributed by atoms with van der Waals surface area (Å²) in [5.41, 5.74) is 2.77. The van der Waals surface area contributed by atoms with E-state index in [2.05, 4.69) is 63.9 Å². The molecule has 1 saturated heterocycles. The molecule has 24 heavy (non-hydrogen) atoms. The Balaban J connectivity index is 1.45. The van der Waals surface area contributed by atoms with Crippen LogP contribution in [0.15, 0.2) is 48.7 Å². The number of piperidine rings is 1. The van der Waals surface area contributed by atoms with Crippen molar-refractivity contribution in [2.45, 2.75) is 57.2 Å². The molecule has 0 spiro atoms. The topological polar surface area (TPSA) is 28.2 Å². The molecule has 1 unspecified atom stereocenters. The average molecular weight is 321 g/mol. The lowest BCUT2D eigenvalue weighted by Crippen LogP contribution is -2.33. The second-order valence-corrected chi connectivity index (χ2v) is 7.22. The molecule has 0 amide bonds. The Hall–Kier alpha value is -1.87. The molecule has 1 aromatic carbocycles. The van der Waals surface area contributed by atoms with Crippen LogP contribution >= 0.6 is 0 Å². The van der Waals surface area contributed by atoms with Crippen molar-refractivity contribution in [3.63, 3.8) is 0 Å². The number of hydrogen-bond acceptors (Lipinski definition) is 3. The molecule has 1 saturated carbocycles. The predicted octanol–water partition coefficient (Wildman–Crippen LogP) is 4.77. The van der Waals surface area contributed by atoms with Gasteiger partial charge in [-0.05, 0) is 55.8 Å². The summed E-state index contributed by atoms with van der Waals surface area (Å²) in [6.45, 7) is 2.22. The van der Waals surface area contributed by atoms with Gasteiger partial charge in [-0.3, -0.25) is 4.90 Å². The van der Waals surface area contributed by atoms with Crippen molar-refractivity contribution in [2.75, 3.05) is 11.9 Å². The summed E-state index contributed by atoms with van der Waals surface area (Å²) in [7, 11) is 0. The molecule has 0 radical (unpaired) electrons. The minimum atomic E-state index is 0.504. The van der Waals surface area contributed by atoms with Crippen LogP contribution in [-0.4, -0.2) is 22.5 Å². The number of hydrogen-bond donors (Lipinski definition) is 1. The van der Waals surface area contributed by atoms with E-state index in [1.54, 1.807) is 0 Å². The monoisotopic (exact) mass is 321 g/mol. The van der Waals surface area contributed by atoms with Crippen molar-refractivity contribution in [3.05, 3.63) is 59.8 Å². The van der Waals surface area contributed by atoms with Gasteiger partial charge in [-0.1, -0.05) is 42.8 Å². The first-order chi connectivity index (χ1) is 11.9. The van der Waals surface area contributed by atoms with Gasteiger partial charge in [0, 0.05) is 24.8 Å². The number of aromatic nitrogens is 1. The summed E-state index contributed by atoms with van der Waals surface area (Å²) < 4.78 is 0. The summed E-state index contributed by atoms with van der Waals surface area (Å²) in [6.07, 6.45) is 9.88. The standard InChI is InChI=1S/C21H27N3/c1-2-7-17(8-3-1)16-24-14-5-4-11-20(24)18-12-13-21(22-15-18)23-19-9-6-10-19/h1-3,7-8,12-13,15,19-20H,4-6,9-11,14,16H2,(H,22,23). The molecular weight excluding hydrogens is 294 g/mol. The van der Waals surface area contributed by atoms with Crippen LogP contribution in [0.2, 0.25) is 0 Å². The number of nitrogens with zero attached hydrogens (tertiary/aromatic N) is 2. The Morgan fingerprint density at radius 2 is 1.83 bits per heavy atom. The van der Waals surface area contributed by atoms with Gasteiger partial charge in [0.1, 0.15) is 5.82 Å². The van der Waals surface area contributed by atoms with E-state index in [0.717, 1.165) is 12.4 Å². The summed E-state index contributed by atoms with van der Waals surface area (Å²) in [5.74, 6) is 1.04. The smallest absolute Gasteiger partial charge is 0.126 e. The fourth-order valence-corrected chi connectivity index (χ4v) is 3.83. The van der Waals surface area contributed by atoms with Crippen molar-refractivity contribution in [1.29, 1.82) is 0 Å². The molecule has 2 heterocycles. The SMILES string of the molecule is c1ccc(CN2CCCCC2c2ccc(NC3CCC3)nc2)cc1. The van der Waals surface area contributed by atoms with Gasteiger partial charge in [-0.15, -0.1) is 0 Å². The zero-order chi connectivity index (χ0) is 16.2. The van der Waals surface area contributed by atoms with E-state index in [-0.39, 0.29) is 0 Å². The number of nitrogens with one attached hydrogen (secondary N) is 1. The molecule has 3 heteroatoms. The van der Waals surface area contributed by atoms with E-state index < -0.39 is 0 Å². The maximum atomic E-state index is 4.68. The van der Waals surface area contributed by atoms with Crippen molar-refractivity contribution in [2.24, 2.45) is 0 Å². The predicted molar refractivity (Wildman–Crippen MR) is 98.9 cm³/mol. The fraction of sp³-hybridized carbons (Fsp3) is 0.476. The highest BCUT2D eigenvalue weighted by atomic mass is 15.2. The quantitative estimate of drug-likeness (QED) is 0.859. The number of pyridine rings is 1. The van der Waals surface area contributed by atoms with Crippen LogP contribution in [0.5, 0.6) is 0 Å². The van der Waals surface area contributed by atoms with Gasteiger partial charge in [0.15, 0.2) is 0 Å². The minimum absolute atomic E-state index is 0.504. The van der Waals surface area contributed by atoms with E-state index in [4.69, 9.17) is 0 Å². The fourth-order valence-electron chi connectivity index (χ4n) is 3.83. The molecule has 1 aliphatic heterocycles. The van der Waals surface area contributed by atoms with Crippen LogP contribution < -0.4 is 5.32 Å². The van der Waals surface area contributed by atoms with Gasteiger partial charge in [0.2, 0.25) is 0 Å². The molecule has 0 bridgehead atoms. The van der Waals surface area contributed by atoms with Crippen molar-refractivity contribution in [3.8, 4) is 0 Å². The summed E-state index contributed by atoms with van der Waals surface area (Å²) >= 11 is 0. The van der Waals surface area contributed by atoms with Crippen molar-refractivity contribution >= 4 is 5.82 Å². The third kappa shape index (κ3) is 3.62. The summed E-state index contributed by atoms with van der Waals surface area (Å²) in [4.78, 5) is 7.30. The Labute approximate surface area is 145 Å². The van der Waals surface area contributed by atoms with E-state index in [9.17, 15) is 0 Å². The Bertz CT molecular complexity index is 634. The lowest BCUT2D eigenvalue weighted by Gasteiger charge is -2.36. The first kappa shape index (κ1) is 15.6. The minimum Gasteiger partial charge on any atom is -0.367 e. The van der Waals surface area contributed by atoms with Crippen LogP contribution in [0, 0.1) is 0 Å². The molecule has 2 fully saturated rings.